The Labute approximate surface area is 106 Å². The Morgan fingerprint density at radius 3 is 2.61 bits per heavy atom. The van der Waals surface area contributed by atoms with Gasteiger partial charge in [-0.25, -0.2) is 4.98 Å². The van der Waals surface area contributed by atoms with Gasteiger partial charge in [-0.3, -0.25) is 9.36 Å². The lowest BCUT2D eigenvalue weighted by Gasteiger charge is -2.07. The lowest BCUT2D eigenvalue weighted by Crippen LogP contribution is -2.18. The molecule has 90 valence electrons. The fraction of sp³-hybridized carbons (Fsp3) is 0.0667. The molecule has 2 rings (SSSR count). The molecule has 18 heavy (non-hydrogen) atoms. The monoisotopic (exact) mass is 238 g/mol. The molecule has 0 saturated carbocycles. The molecule has 0 atom stereocenters. The summed E-state index contributed by atoms with van der Waals surface area (Å²) in [6, 6.07) is 7.12. The maximum Gasteiger partial charge on any atom is 0.256 e. The summed E-state index contributed by atoms with van der Waals surface area (Å²) < 4.78 is 1.51. The molecule has 3 nitrogen and oxygen atoms in total. The molecular weight excluding hydrogens is 224 g/mol. The predicted molar refractivity (Wildman–Crippen MR) is 74.8 cm³/mol. The number of aryl methyl sites for hydroxylation is 1. The summed E-state index contributed by atoms with van der Waals surface area (Å²) in [4.78, 5) is 16.3. The van der Waals surface area contributed by atoms with Crippen LogP contribution in [0.4, 0.5) is 0 Å². The summed E-state index contributed by atoms with van der Waals surface area (Å²) in [5, 5.41) is 0. The summed E-state index contributed by atoms with van der Waals surface area (Å²) in [7, 11) is 0. The van der Waals surface area contributed by atoms with E-state index in [1.807, 2.05) is 19.1 Å². The highest BCUT2D eigenvalue weighted by Gasteiger charge is 2.04. The first-order chi connectivity index (χ1) is 8.65. The second-order valence-electron chi connectivity index (χ2n) is 3.96. The van der Waals surface area contributed by atoms with Crippen molar-refractivity contribution >= 4 is 12.2 Å². The highest BCUT2D eigenvalue weighted by Crippen LogP contribution is 2.12. The van der Waals surface area contributed by atoms with Crippen molar-refractivity contribution in [3.05, 3.63) is 70.8 Å². The first-order valence-corrected chi connectivity index (χ1v) is 5.61. The highest BCUT2D eigenvalue weighted by molar-refractivity contribution is 5.61. The molecule has 0 spiro atoms. The van der Waals surface area contributed by atoms with Crippen molar-refractivity contribution in [1.29, 1.82) is 0 Å². The topological polar surface area (TPSA) is 34.9 Å². The van der Waals surface area contributed by atoms with E-state index in [0.717, 1.165) is 16.8 Å². The molecule has 0 aliphatic rings. The molecule has 0 aliphatic carbocycles. The van der Waals surface area contributed by atoms with Crippen molar-refractivity contribution < 1.29 is 0 Å². The van der Waals surface area contributed by atoms with Gasteiger partial charge in [-0.1, -0.05) is 19.2 Å². The third-order valence-corrected chi connectivity index (χ3v) is 2.68. The minimum atomic E-state index is -0.0936. The van der Waals surface area contributed by atoms with Crippen LogP contribution in [0.1, 0.15) is 16.8 Å². The molecule has 2 heterocycles. The van der Waals surface area contributed by atoms with Crippen LogP contribution in [-0.2, 0) is 0 Å². The van der Waals surface area contributed by atoms with Crippen LogP contribution in [0.15, 0.2) is 48.4 Å². The van der Waals surface area contributed by atoms with E-state index in [0.29, 0.717) is 5.82 Å². The quantitative estimate of drug-likeness (QED) is 0.824. The van der Waals surface area contributed by atoms with Crippen LogP contribution < -0.4 is 5.56 Å². The van der Waals surface area contributed by atoms with Crippen LogP contribution >= 0.6 is 0 Å². The maximum atomic E-state index is 11.9. The fourth-order valence-corrected chi connectivity index (χ4v) is 1.71. The number of pyridine rings is 2. The van der Waals surface area contributed by atoms with Crippen LogP contribution in [0.2, 0.25) is 0 Å². The zero-order valence-electron chi connectivity index (χ0n) is 10.3. The van der Waals surface area contributed by atoms with Gasteiger partial charge in [0, 0.05) is 12.3 Å². The van der Waals surface area contributed by atoms with E-state index >= 15 is 0 Å². The largest absolute Gasteiger partial charge is 0.269 e. The van der Waals surface area contributed by atoms with E-state index in [2.05, 4.69) is 18.1 Å². The van der Waals surface area contributed by atoms with Crippen LogP contribution in [0, 0.1) is 6.92 Å². The Morgan fingerprint density at radius 2 is 2.00 bits per heavy atom. The minimum Gasteiger partial charge on any atom is -0.269 e. The van der Waals surface area contributed by atoms with Crippen LogP contribution in [0.3, 0.4) is 0 Å². The summed E-state index contributed by atoms with van der Waals surface area (Å²) >= 11 is 0. The molecular formula is C15H14N2O. The van der Waals surface area contributed by atoms with E-state index in [4.69, 9.17) is 0 Å². The number of hydrogen-bond acceptors (Lipinski definition) is 2. The predicted octanol–water partition coefficient (Wildman–Crippen LogP) is 2.83. The van der Waals surface area contributed by atoms with Gasteiger partial charge in [0.1, 0.15) is 5.82 Å². The van der Waals surface area contributed by atoms with E-state index in [-0.39, 0.29) is 5.56 Å². The van der Waals surface area contributed by atoms with Gasteiger partial charge in [-0.2, -0.15) is 0 Å². The second kappa shape index (κ2) is 4.84. The van der Waals surface area contributed by atoms with Gasteiger partial charge in [0.15, 0.2) is 0 Å². The Balaban J connectivity index is 2.61. The lowest BCUT2D eigenvalue weighted by molar-refractivity contribution is 0.932. The van der Waals surface area contributed by atoms with E-state index in [9.17, 15) is 4.79 Å². The normalized spacial score (nSPS) is 10.1. The summed E-state index contributed by atoms with van der Waals surface area (Å²) in [6.07, 6.45) is 5.09. The average molecular weight is 238 g/mol. The van der Waals surface area contributed by atoms with E-state index in [1.54, 1.807) is 30.5 Å². The second-order valence-corrected chi connectivity index (χ2v) is 3.96. The summed E-state index contributed by atoms with van der Waals surface area (Å²) in [5.41, 5.74) is 2.45. The van der Waals surface area contributed by atoms with Crippen LogP contribution in [-0.4, -0.2) is 9.55 Å². The third-order valence-electron chi connectivity index (χ3n) is 2.68. The zero-order valence-corrected chi connectivity index (χ0v) is 10.3. The highest BCUT2D eigenvalue weighted by atomic mass is 16.1. The van der Waals surface area contributed by atoms with Crippen molar-refractivity contribution in [2.75, 3.05) is 0 Å². The first kappa shape index (κ1) is 12.0. The molecule has 0 N–H and O–H groups in total. The zero-order chi connectivity index (χ0) is 13.1. The van der Waals surface area contributed by atoms with Crippen molar-refractivity contribution in [3.63, 3.8) is 0 Å². The van der Waals surface area contributed by atoms with E-state index in [1.165, 1.54) is 4.57 Å². The molecule has 0 saturated heterocycles. The Morgan fingerprint density at radius 1 is 1.22 bits per heavy atom. The molecule has 2 aromatic rings. The summed E-state index contributed by atoms with van der Waals surface area (Å²) in [5.74, 6) is 0.584. The molecule has 0 radical (unpaired) electrons. The van der Waals surface area contributed by atoms with Gasteiger partial charge in [-0.15, -0.1) is 0 Å². The summed E-state index contributed by atoms with van der Waals surface area (Å²) in [6.45, 7) is 9.31. The SMILES string of the molecule is C=Cc1ccc(-n2ccc(C)cc2=O)nc1C=C. The average Bonchev–Trinajstić information content (AvgIpc) is 2.38. The van der Waals surface area contributed by atoms with Gasteiger partial charge >= 0.3 is 0 Å². The number of aromatic nitrogens is 2. The molecule has 0 aliphatic heterocycles. The Hall–Kier alpha value is -2.42. The van der Waals surface area contributed by atoms with Crippen molar-refractivity contribution in [1.82, 2.24) is 9.55 Å². The van der Waals surface area contributed by atoms with Gasteiger partial charge < -0.3 is 0 Å². The number of nitrogens with zero attached hydrogens (tertiary/aromatic N) is 2. The first-order valence-electron chi connectivity index (χ1n) is 5.61. The maximum absolute atomic E-state index is 11.9. The van der Waals surface area contributed by atoms with Crippen LogP contribution in [0.5, 0.6) is 0 Å². The Bertz CT molecular complexity index is 668. The Kier molecular flexibility index (Phi) is 3.24. The van der Waals surface area contributed by atoms with Gasteiger partial charge in [-0.05, 0) is 42.3 Å². The van der Waals surface area contributed by atoms with Gasteiger partial charge in [0.25, 0.3) is 5.56 Å². The van der Waals surface area contributed by atoms with Crippen molar-refractivity contribution in [2.24, 2.45) is 0 Å². The lowest BCUT2D eigenvalue weighted by atomic mass is 10.2. The number of hydrogen-bond donors (Lipinski definition) is 0. The fourth-order valence-electron chi connectivity index (χ4n) is 1.71. The molecule has 3 heteroatoms. The molecule has 0 unspecified atom stereocenters. The smallest absolute Gasteiger partial charge is 0.256 e. The minimum absolute atomic E-state index is 0.0936. The molecule has 0 aromatic carbocycles. The van der Waals surface area contributed by atoms with Crippen LogP contribution in [0.25, 0.3) is 18.0 Å². The van der Waals surface area contributed by atoms with Crippen molar-refractivity contribution in [3.8, 4) is 5.82 Å². The molecule has 2 aromatic heterocycles. The standard InChI is InChI=1S/C15H14N2O/c1-4-12-6-7-14(16-13(12)5-2)17-9-8-11(3)10-15(17)18/h4-10H,1-2H2,3H3. The molecule has 0 amide bonds. The molecule has 0 fully saturated rings. The van der Waals surface area contributed by atoms with E-state index < -0.39 is 0 Å². The van der Waals surface area contributed by atoms with Crippen molar-refractivity contribution in [2.45, 2.75) is 6.92 Å². The van der Waals surface area contributed by atoms with Gasteiger partial charge in [0.2, 0.25) is 0 Å². The third kappa shape index (κ3) is 2.15. The number of rotatable bonds is 3. The van der Waals surface area contributed by atoms with Gasteiger partial charge in [0.05, 0.1) is 5.69 Å². The molecule has 0 bridgehead atoms.